The third-order valence-corrected chi connectivity index (χ3v) is 5.40. The zero-order valence-corrected chi connectivity index (χ0v) is 18.2. The summed E-state index contributed by atoms with van der Waals surface area (Å²) < 4.78 is 0. The van der Waals surface area contributed by atoms with Gasteiger partial charge in [-0.2, -0.15) is 0 Å². The molecule has 0 aliphatic carbocycles. The molecule has 0 aromatic heterocycles. The van der Waals surface area contributed by atoms with Crippen molar-refractivity contribution in [3.63, 3.8) is 0 Å². The Morgan fingerprint density at radius 2 is 2.00 bits per heavy atom. The van der Waals surface area contributed by atoms with Crippen molar-refractivity contribution in [2.75, 3.05) is 7.05 Å². The number of carbonyl (C=O) groups is 1. The number of amidine groups is 1. The van der Waals surface area contributed by atoms with Crippen LogP contribution in [0.4, 0.5) is 5.69 Å². The van der Waals surface area contributed by atoms with E-state index in [0.29, 0.717) is 6.54 Å². The largest absolute Gasteiger partial charge is 0.478 e. The molecule has 160 valence electrons. The molecule has 7 heteroatoms. The van der Waals surface area contributed by atoms with E-state index in [1.807, 2.05) is 60.5 Å². The Morgan fingerprint density at radius 3 is 2.65 bits per heavy atom. The van der Waals surface area contributed by atoms with Crippen LogP contribution in [-0.4, -0.2) is 34.9 Å². The average molecular weight is 437 g/mol. The minimum absolute atomic E-state index is 0.120. The van der Waals surface area contributed by atoms with Gasteiger partial charge in [0.05, 0.1) is 16.3 Å². The fourth-order valence-electron chi connectivity index (χ4n) is 3.38. The summed E-state index contributed by atoms with van der Waals surface area (Å²) in [7, 11) is 1.95. The minimum atomic E-state index is -1.06. The summed E-state index contributed by atoms with van der Waals surface area (Å²) in [6, 6.07) is 15.4. The molecule has 0 spiro atoms. The van der Waals surface area contributed by atoms with Gasteiger partial charge in [-0.3, -0.25) is 0 Å². The van der Waals surface area contributed by atoms with Crippen LogP contribution >= 0.6 is 11.6 Å². The molecule has 2 aromatic rings. The molecule has 1 atom stereocenters. The zero-order valence-electron chi connectivity index (χ0n) is 17.5. The number of nitrogens with one attached hydrogen (secondary N) is 1. The second-order valence-corrected chi connectivity index (χ2v) is 7.62. The number of rotatable bonds is 7. The van der Waals surface area contributed by atoms with Crippen molar-refractivity contribution in [3.8, 4) is 0 Å². The molecule has 0 radical (unpaired) electrons. The maximum atomic E-state index is 11.6. The number of halogens is 1. The number of hydrogen-bond acceptors (Lipinski definition) is 5. The van der Waals surface area contributed by atoms with Gasteiger partial charge in [-0.1, -0.05) is 66.7 Å². The molecule has 0 saturated carbocycles. The van der Waals surface area contributed by atoms with Gasteiger partial charge in [0.2, 0.25) is 0 Å². The van der Waals surface area contributed by atoms with Gasteiger partial charge in [0.25, 0.3) is 0 Å². The number of nitrogens with two attached hydrogens (primary N) is 1. The Hall–Kier alpha value is -3.35. The van der Waals surface area contributed by atoms with Crippen LogP contribution in [0, 0.1) is 0 Å². The van der Waals surface area contributed by atoms with E-state index in [9.17, 15) is 9.90 Å². The van der Waals surface area contributed by atoms with Crippen LogP contribution in [0.5, 0.6) is 0 Å². The first-order chi connectivity index (χ1) is 14.8. The number of aliphatic imine (C=N–C) groups is 1. The smallest absolute Gasteiger partial charge is 0.333 e. The van der Waals surface area contributed by atoms with Crippen molar-refractivity contribution >= 4 is 34.8 Å². The second-order valence-electron chi connectivity index (χ2n) is 7.18. The van der Waals surface area contributed by atoms with Gasteiger partial charge in [-0.15, -0.1) is 0 Å². The van der Waals surface area contributed by atoms with Crippen molar-refractivity contribution in [1.82, 2.24) is 10.2 Å². The number of carboxylic acids is 1. The number of carboxylic acid groups (broad SMARTS) is 1. The number of nitrogens with zero attached hydrogens (tertiary/aromatic N) is 2. The van der Waals surface area contributed by atoms with Crippen LogP contribution in [0.3, 0.4) is 0 Å². The maximum Gasteiger partial charge on any atom is 0.333 e. The lowest BCUT2D eigenvalue weighted by Crippen LogP contribution is -2.32. The van der Waals surface area contributed by atoms with Crippen LogP contribution in [-0.2, 0) is 11.3 Å². The number of aliphatic carboxylic acids is 1. The van der Waals surface area contributed by atoms with Gasteiger partial charge >= 0.3 is 5.97 Å². The first-order valence-electron chi connectivity index (χ1n) is 9.78. The van der Waals surface area contributed by atoms with E-state index in [1.165, 1.54) is 6.08 Å². The Kier molecular flexibility index (Phi) is 6.95. The molecule has 4 N–H and O–H groups in total. The van der Waals surface area contributed by atoms with E-state index < -0.39 is 12.0 Å². The molecule has 6 nitrogen and oxygen atoms in total. The van der Waals surface area contributed by atoms with Gasteiger partial charge in [-0.05, 0) is 18.6 Å². The summed E-state index contributed by atoms with van der Waals surface area (Å²) in [5.41, 5.74) is 10.0. The van der Waals surface area contributed by atoms with Crippen molar-refractivity contribution in [2.45, 2.75) is 19.5 Å². The summed E-state index contributed by atoms with van der Waals surface area (Å²) in [6.07, 6.45) is 2.51. The zero-order chi connectivity index (χ0) is 22.5. The molecule has 0 fully saturated rings. The summed E-state index contributed by atoms with van der Waals surface area (Å²) in [5, 5.41) is 12.9. The van der Waals surface area contributed by atoms with Crippen LogP contribution in [0.15, 0.2) is 83.0 Å². The highest BCUT2D eigenvalue weighted by atomic mass is 35.5. The highest BCUT2D eigenvalue weighted by Crippen LogP contribution is 2.36. The van der Waals surface area contributed by atoms with Crippen molar-refractivity contribution in [2.24, 2.45) is 10.7 Å². The Balaban J connectivity index is 1.93. The van der Waals surface area contributed by atoms with Gasteiger partial charge in [0.1, 0.15) is 5.84 Å². The number of para-hydroxylation sites is 1. The van der Waals surface area contributed by atoms with Gasteiger partial charge in [-0.25, -0.2) is 9.79 Å². The molecule has 0 amide bonds. The minimum Gasteiger partial charge on any atom is -0.478 e. The number of fused-ring (bicyclic) bond motifs is 1. The van der Waals surface area contributed by atoms with Gasteiger partial charge in [0, 0.05) is 42.7 Å². The molecule has 31 heavy (non-hydrogen) atoms. The van der Waals surface area contributed by atoms with E-state index in [1.54, 1.807) is 6.92 Å². The number of benzene rings is 2. The average Bonchev–Trinajstić information content (AvgIpc) is 2.78. The Bertz CT molecular complexity index is 1090. The predicted octanol–water partition coefficient (Wildman–Crippen LogP) is 4.21. The monoisotopic (exact) mass is 436 g/mol. The van der Waals surface area contributed by atoms with Gasteiger partial charge < -0.3 is 21.1 Å². The van der Waals surface area contributed by atoms with Crippen molar-refractivity contribution in [3.05, 3.63) is 94.7 Å². The summed E-state index contributed by atoms with van der Waals surface area (Å²) in [6.45, 7) is 6.43. The normalized spacial score (nSPS) is 15.4. The lowest BCUT2D eigenvalue weighted by Gasteiger charge is -2.30. The molecule has 1 aliphatic heterocycles. The van der Waals surface area contributed by atoms with E-state index in [-0.39, 0.29) is 10.6 Å². The number of hydrogen-bond donors (Lipinski definition) is 3. The van der Waals surface area contributed by atoms with E-state index in [2.05, 4.69) is 11.9 Å². The fourth-order valence-corrected chi connectivity index (χ4v) is 3.49. The lowest BCUT2D eigenvalue weighted by molar-refractivity contribution is -0.133. The molecule has 0 saturated heterocycles. The Labute approximate surface area is 187 Å². The maximum absolute atomic E-state index is 11.6. The van der Waals surface area contributed by atoms with Crippen LogP contribution in [0.1, 0.15) is 23.6 Å². The summed E-state index contributed by atoms with van der Waals surface area (Å²) in [4.78, 5) is 18.5. The van der Waals surface area contributed by atoms with E-state index in [0.717, 1.165) is 40.1 Å². The van der Waals surface area contributed by atoms with E-state index in [4.69, 9.17) is 22.3 Å². The first kappa shape index (κ1) is 22.3. The number of allylic oxidation sites excluding steroid dienone is 2. The molecule has 2 aromatic carbocycles. The highest BCUT2D eigenvalue weighted by molar-refractivity contribution is 6.31. The van der Waals surface area contributed by atoms with Crippen molar-refractivity contribution < 1.29 is 9.90 Å². The molecule has 1 unspecified atom stereocenters. The molecular formula is C24H25ClN4O2. The first-order valence-corrected chi connectivity index (χ1v) is 10.2. The second kappa shape index (κ2) is 9.64. The molecular weight excluding hydrogens is 412 g/mol. The molecule has 0 bridgehead atoms. The third kappa shape index (κ3) is 4.87. The van der Waals surface area contributed by atoms with E-state index >= 15 is 0 Å². The van der Waals surface area contributed by atoms with Crippen LogP contribution in [0.25, 0.3) is 5.70 Å². The Morgan fingerprint density at radius 1 is 1.29 bits per heavy atom. The molecule has 3 rings (SSSR count). The highest BCUT2D eigenvalue weighted by Gasteiger charge is 2.24. The topological polar surface area (TPSA) is 90.9 Å². The van der Waals surface area contributed by atoms with Crippen LogP contribution in [0.2, 0.25) is 0 Å². The molecule has 1 aliphatic rings. The summed E-state index contributed by atoms with van der Waals surface area (Å²) in [5.74, 6) is -0.251. The SMILES string of the molecule is C=C1c2cccc(CNC(C)/C(=C\C(Cl)=C/N)C(=O)O)c2N=C(c2ccccc2)N1C. The predicted molar refractivity (Wildman–Crippen MR) is 126 cm³/mol. The lowest BCUT2D eigenvalue weighted by atomic mass is 10.0. The fraction of sp³-hybridized carbons (Fsp3) is 0.167. The van der Waals surface area contributed by atoms with Crippen LogP contribution < -0.4 is 11.1 Å². The molecule has 1 heterocycles. The quantitative estimate of drug-likeness (QED) is 0.446. The third-order valence-electron chi connectivity index (χ3n) is 5.17. The van der Waals surface area contributed by atoms with Crippen molar-refractivity contribution in [1.29, 1.82) is 0 Å². The standard InChI is InChI=1S/C24H25ClN4O2/c1-15(21(24(30)31)12-19(25)13-26)27-14-18-10-7-11-20-16(2)29(3)23(28-22(18)20)17-8-5-4-6-9-17/h4-13,15,27H,2,14,26H2,1,3H3,(H,30,31)/b19-13+,21-12+. The summed E-state index contributed by atoms with van der Waals surface area (Å²) >= 11 is 5.90. The van der Waals surface area contributed by atoms with Gasteiger partial charge in [0.15, 0.2) is 0 Å².